The van der Waals surface area contributed by atoms with Gasteiger partial charge in [0, 0.05) is 13.0 Å². The number of hydrogen-bond acceptors (Lipinski definition) is 3. The lowest BCUT2D eigenvalue weighted by atomic mass is 10.1. The number of carbonyl (C=O) groups excluding carboxylic acids is 1. The Kier molecular flexibility index (Phi) is 7.03. The van der Waals surface area contributed by atoms with E-state index in [1.54, 1.807) is 10.6 Å². The van der Waals surface area contributed by atoms with E-state index < -0.39 is 0 Å². The maximum absolute atomic E-state index is 13.5. The summed E-state index contributed by atoms with van der Waals surface area (Å²) in [5.74, 6) is 0.701. The van der Waals surface area contributed by atoms with Crippen LogP contribution in [0, 0.1) is 6.92 Å². The van der Waals surface area contributed by atoms with Crippen molar-refractivity contribution in [1.29, 1.82) is 0 Å². The number of hydrogen-bond donors (Lipinski definition) is 0. The van der Waals surface area contributed by atoms with Gasteiger partial charge in [-0.1, -0.05) is 44.0 Å². The third-order valence-electron chi connectivity index (χ3n) is 5.56. The molecule has 0 N–H and O–H groups in total. The van der Waals surface area contributed by atoms with Crippen molar-refractivity contribution in [3.8, 4) is 5.69 Å². The Hall–Kier alpha value is -2.95. The monoisotopic (exact) mass is 405 g/mol. The van der Waals surface area contributed by atoms with E-state index in [0.29, 0.717) is 29.7 Å². The summed E-state index contributed by atoms with van der Waals surface area (Å²) in [6.45, 7) is 8.64. The topological polar surface area (TPSA) is 55.2 Å². The summed E-state index contributed by atoms with van der Waals surface area (Å²) >= 11 is 0. The molecule has 0 aliphatic rings. The lowest BCUT2D eigenvalue weighted by Crippen LogP contribution is -2.37. The van der Waals surface area contributed by atoms with Crippen molar-refractivity contribution in [1.82, 2.24) is 14.5 Å². The normalized spacial score (nSPS) is 12.1. The number of benzene rings is 2. The van der Waals surface area contributed by atoms with E-state index in [2.05, 4.69) is 6.92 Å². The molecule has 158 valence electrons. The van der Waals surface area contributed by atoms with Gasteiger partial charge < -0.3 is 4.90 Å². The number of amides is 1. The van der Waals surface area contributed by atoms with Gasteiger partial charge in [0.2, 0.25) is 5.91 Å². The van der Waals surface area contributed by atoms with E-state index in [1.165, 1.54) is 0 Å². The third kappa shape index (κ3) is 4.45. The summed E-state index contributed by atoms with van der Waals surface area (Å²) in [6, 6.07) is 14.9. The van der Waals surface area contributed by atoms with Crippen molar-refractivity contribution in [3.63, 3.8) is 0 Å². The number of aryl methyl sites for hydroxylation is 1. The molecule has 2 aromatic carbocycles. The molecule has 3 aromatic rings. The van der Waals surface area contributed by atoms with Gasteiger partial charge in [0.25, 0.3) is 5.56 Å². The zero-order valence-corrected chi connectivity index (χ0v) is 18.4. The molecule has 1 heterocycles. The fourth-order valence-corrected chi connectivity index (χ4v) is 3.92. The maximum atomic E-state index is 13.5. The number of unbranched alkanes of at least 4 members (excludes halogenated alkanes) is 2. The van der Waals surface area contributed by atoms with Gasteiger partial charge >= 0.3 is 0 Å². The summed E-state index contributed by atoms with van der Waals surface area (Å²) in [7, 11) is 0. The van der Waals surface area contributed by atoms with Crippen LogP contribution in [0.2, 0.25) is 0 Å². The first kappa shape index (κ1) is 21.8. The molecule has 5 heteroatoms. The van der Waals surface area contributed by atoms with Gasteiger partial charge in [-0.2, -0.15) is 0 Å². The number of fused-ring (bicyclic) bond motifs is 1. The van der Waals surface area contributed by atoms with Crippen molar-refractivity contribution in [2.75, 3.05) is 6.54 Å². The largest absolute Gasteiger partial charge is 0.333 e. The van der Waals surface area contributed by atoms with Crippen LogP contribution in [0.1, 0.15) is 63.9 Å². The van der Waals surface area contributed by atoms with Crippen LogP contribution < -0.4 is 5.56 Å². The molecule has 0 saturated carbocycles. The first-order chi connectivity index (χ1) is 14.5. The Morgan fingerprint density at radius 3 is 2.57 bits per heavy atom. The molecule has 5 nitrogen and oxygen atoms in total. The molecule has 30 heavy (non-hydrogen) atoms. The van der Waals surface area contributed by atoms with Crippen LogP contribution >= 0.6 is 0 Å². The fourth-order valence-electron chi connectivity index (χ4n) is 3.92. The zero-order valence-electron chi connectivity index (χ0n) is 18.4. The van der Waals surface area contributed by atoms with E-state index >= 15 is 0 Å². The van der Waals surface area contributed by atoms with Crippen LogP contribution in [0.15, 0.2) is 53.3 Å². The standard InChI is InChI=1S/C25H31N3O2/c1-5-7-8-16-23(29)27(6-2)19(4)24-26-22-15-10-9-14-21(22)25(30)28(24)20-13-11-12-18(3)17-20/h9-15,17,19H,5-8,16H2,1-4H3. The van der Waals surface area contributed by atoms with Crippen LogP contribution in [0.5, 0.6) is 0 Å². The second-order valence-electron chi connectivity index (χ2n) is 7.78. The third-order valence-corrected chi connectivity index (χ3v) is 5.56. The molecule has 1 aromatic heterocycles. The second-order valence-corrected chi connectivity index (χ2v) is 7.78. The smallest absolute Gasteiger partial charge is 0.266 e. The van der Waals surface area contributed by atoms with Gasteiger partial charge in [0.15, 0.2) is 0 Å². The highest BCUT2D eigenvalue weighted by atomic mass is 16.2. The highest BCUT2D eigenvalue weighted by Gasteiger charge is 2.25. The van der Waals surface area contributed by atoms with Crippen LogP contribution in [-0.2, 0) is 4.79 Å². The zero-order chi connectivity index (χ0) is 21.7. The van der Waals surface area contributed by atoms with Crippen molar-refractivity contribution >= 4 is 16.8 Å². The summed E-state index contributed by atoms with van der Waals surface area (Å²) in [5, 5.41) is 0.576. The highest BCUT2D eigenvalue weighted by molar-refractivity contribution is 5.79. The number of nitrogens with zero attached hydrogens (tertiary/aromatic N) is 3. The summed E-state index contributed by atoms with van der Waals surface area (Å²) in [4.78, 5) is 33.1. The molecule has 1 atom stereocenters. The van der Waals surface area contributed by atoms with E-state index in [-0.39, 0.29) is 17.5 Å². The molecule has 1 unspecified atom stereocenters. The molecule has 0 aliphatic heterocycles. The van der Waals surface area contributed by atoms with E-state index in [9.17, 15) is 9.59 Å². The first-order valence-electron chi connectivity index (χ1n) is 10.9. The van der Waals surface area contributed by atoms with Gasteiger partial charge in [-0.25, -0.2) is 4.98 Å². The molecule has 0 spiro atoms. The molecule has 3 rings (SSSR count). The molecular formula is C25H31N3O2. The predicted octanol–water partition coefficient (Wildman–Crippen LogP) is 5.18. The molecule has 0 radical (unpaired) electrons. The Balaban J connectivity index is 2.14. The van der Waals surface area contributed by atoms with Gasteiger partial charge in [0.1, 0.15) is 5.82 Å². The molecule has 0 aliphatic carbocycles. The van der Waals surface area contributed by atoms with Crippen molar-refractivity contribution < 1.29 is 4.79 Å². The van der Waals surface area contributed by atoms with Crippen LogP contribution in [-0.4, -0.2) is 26.9 Å². The minimum Gasteiger partial charge on any atom is -0.333 e. The maximum Gasteiger partial charge on any atom is 0.266 e. The van der Waals surface area contributed by atoms with Crippen LogP contribution in [0.4, 0.5) is 0 Å². The number of carbonyl (C=O) groups is 1. The van der Waals surface area contributed by atoms with Gasteiger partial charge in [-0.3, -0.25) is 14.2 Å². The number of para-hydroxylation sites is 1. The summed E-state index contributed by atoms with van der Waals surface area (Å²) in [6.07, 6.45) is 3.52. The van der Waals surface area contributed by atoms with Gasteiger partial charge in [-0.15, -0.1) is 0 Å². The van der Waals surface area contributed by atoms with Crippen molar-refractivity contribution in [3.05, 3.63) is 70.3 Å². The van der Waals surface area contributed by atoms with Crippen LogP contribution in [0.3, 0.4) is 0 Å². The highest BCUT2D eigenvalue weighted by Crippen LogP contribution is 2.24. The molecule has 0 saturated heterocycles. The average Bonchev–Trinajstić information content (AvgIpc) is 2.74. The molecule has 0 fully saturated rings. The van der Waals surface area contributed by atoms with Crippen LogP contribution in [0.25, 0.3) is 16.6 Å². The Morgan fingerprint density at radius 2 is 1.87 bits per heavy atom. The minimum atomic E-state index is -0.318. The Labute approximate surface area is 178 Å². The summed E-state index contributed by atoms with van der Waals surface area (Å²) in [5.41, 5.74) is 2.38. The van der Waals surface area contributed by atoms with E-state index in [4.69, 9.17) is 4.98 Å². The second kappa shape index (κ2) is 9.70. The minimum absolute atomic E-state index is 0.108. The molecular weight excluding hydrogens is 374 g/mol. The fraction of sp³-hybridized carbons (Fsp3) is 0.400. The lowest BCUT2D eigenvalue weighted by molar-refractivity contribution is -0.133. The predicted molar refractivity (Wildman–Crippen MR) is 122 cm³/mol. The molecule has 1 amide bonds. The van der Waals surface area contributed by atoms with Gasteiger partial charge in [-0.05, 0) is 57.0 Å². The quantitative estimate of drug-likeness (QED) is 0.485. The number of aromatic nitrogens is 2. The van der Waals surface area contributed by atoms with Gasteiger partial charge in [0.05, 0.1) is 22.6 Å². The first-order valence-corrected chi connectivity index (χ1v) is 10.9. The Bertz CT molecular complexity index is 1090. The van der Waals surface area contributed by atoms with Crippen molar-refractivity contribution in [2.45, 2.75) is 59.4 Å². The number of rotatable bonds is 8. The Morgan fingerprint density at radius 1 is 1.10 bits per heavy atom. The molecule has 0 bridgehead atoms. The summed E-state index contributed by atoms with van der Waals surface area (Å²) < 4.78 is 1.67. The van der Waals surface area contributed by atoms with E-state index in [1.807, 2.05) is 68.1 Å². The van der Waals surface area contributed by atoms with Crippen molar-refractivity contribution in [2.24, 2.45) is 0 Å². The SMILES string of the molecule is CCCCCC(=O)N(CC)C(C)c1nc2ccccc2c(=O)n1-c1cccc(C)c1. The average molecular weight is 406 g/mol. The van der Waals surface area contributed by atoms with E-state index in [0.717, 1.165) is 30.5 Å². The lowest BCUT2D eigenvalue weighted by Gasteiger charge is -2.29.